The number of rotatable bonds is 5. The molecule has 4 aromatic rings. The van der Waals surface area contributed by atoms with Gasteiger partial charge in [-0.3, -0.25) is 9.78 Å². The maximum atomic E-state index is 13.5. The molecule has 0 unspecified atom stereocenters. The predicted molar refractivity (Wildman–Crippen MR) is 115 cm³/mol. The summed E-state index contributed by atoms with van der Waals surface area (Å²) >= 11 is 0. The van der Waals surface area contributed by atoms with E-state index in [-0.39, 0.29) is 17.4 Å². The maximum Gasteiger partial charge on any atom is 0.448 e. The summed E-state index contributed by atoms with van der Waals surface area (Å²) < 4.78 is 52.2. The Morgan fingerprint density at radius 2 is 1.85 bits per heavy atom. The smallest absolute Gasteiger partial charge is 0.448 e. The number of fused-ring (bicyclic) bond motifs is 1. The summed E-state index contributed by atoms with van der Waals surface area (Å²) in [6, 6.07) is 8.66. The Morgan fingerprint density at radius 1 is 1.12 bits per heavy atom. The highest BCUT2D eigenvalue weighted by atomic mass is 19.4. The fourth-order valence-corrected chi connectivity index (χ4v) is 3.92. The zero-order valence-corrected chi connectivity index (χ0v) is 18.3. The van der Waals surface area contributed by atoms with Crippen LogP contribution in [-0.2, 0) is 12.3 Å². The fraction of sp³-hybridized carbons (Fsp3) is 0.261. The second-order valence-electron chi connectivity index (χ2n) is 7.72. The molecule has 0 radical (unpaired) electrons. The summed E-state index contributed by atoms with van der Waals surface area (Å²) in [5.74, 6) is -3.65. The Hall–Kier alpha value is -3.70. The average molecular weight is 475 g/mol. The second-order valence-corrected chi connectivity index (χ2v) is 7.72. The van der Waals surface area contributed by atoms with E-state index in [1.807, 2.05) is 0 Å². The van der Waals surface area contributed by atoms with E-state index in [0.29, 0.717) is 34.0 Å². The van der Waals surface area contributed by atoms with Crippen LogP contribution in [0.2, 0.25) is 0 Å². The van der Waals surface area contributed by atoms with E-state index in [1.165, 1.54) is 25.4 Å². The molecular formula is C23H20F3N3O5. The molecule has 0 saturated heterocycles. The van der Waals surface area contributed by atoms with E-state index in [9.17, 15) is 28.2 Å². The maximum absolute atomic E-state index is 13.5. The molecule has 0 spiro atoms. The zero-order chi connectivity index (χ0) is 24.8. The van der Waals surface area contributed by atoms with Crippen molar-refractivity contribution >= 4 is 10.9 Å². The Morgan fingerprint density at radius 3 is 2.41 bits per heavy atom. The Kier molecular flexibility index (Phi) is 5.70. The highest BCUT2D eigenvalue weighted by Gasteiger charge is 2.56. The molecule has 178 valence electrons. The number of hydrogen-bond acceptors (Lipinski definition) is 7. The normalized spacial score (nSPS) is 12.4. The molecule has 34 heavy (non-hydrogen) atoms. The molecule has 8 nitrogen and oxygen atoms in total. The number of methoxy groups -OCH3 is 1. The standard InChI is InChI=1S/C23H20F3N3O5/c1-12-18(13(2)34-28-12)19-17(33-3)8-7-14-10-16(22(31,32)23(24,25)26)21(30)29(20(14)19)11-15-6-4-5-9-27-15/h4-10,31-32H,11H2,1-3H3. The van der Waals surface area contributed by atoms with Crippen LogP contribution in [0.25, 0.3) is 22.0 Å². The monoisotopic (exact) mass is 475 g/mol. The first kappa shape index (κ1) is 23.5. The quantitative estimate of drug-likeness (QED) is 0.426. The molecule has 0 saturated carbocycles. The van der Waals surface area contributed by atoms with Crippen LogP contribution in [0.5, 0.6) is 5.75 Å². The van der Waals surface area contributed by atoms with Gasteiger partial charge in [-0.05, 0) is 49.6 Å². The van der Waals surface area contributed by atoms with Crippen molar-refractivity contribution in [2.24, 2.45) is 0 Å². The molecule has 0 aliphatic heterocycles. The van der Waals surface area contributed by atoms with Gasteiger partial charge in [-0.15, -0.1) is 0 Å². The van der Waals surface area contributed by atoms with Gasteiger partial charge < -0.3 is 24.0 Å². The van der Waals surface area contributed by atoms with Crippen LogP contribution in [0.3, 0.4) is 0 Å². The summed E-state index contributed by atoms with van der Waals surface area (Å²) in [5.41, 5.74) is -0.586. The van der Waals surface area contributed by atoms with E-state index in [0.717, 1.165) is 10.6 Å². The first-order valence-electron chi connectivity index (χ1n) is 10.1. The lowest BCUT2D eigenvalue weighted by Gasteiger charge is -2.26. The molecule has 3 heterocycles. The van der Waals surface area contributed by atoms with Crippen molar-refractivity contribution in [3.8, 4) is 16.9 Å². The minimum absolute atomic E-state index is 0.137. The highest BCUT2D eigenvalue weighted by Crippen LogP contribution is 2.42. The number of ether oxygens (including phenoxy) is 1. The van der Waals surface area contributed by atoms with Gasteiger partial charge in [0.25, 0.3) is 11.3 Å². The molecule has 0 atom stereocenters. The third kappa shape index (κ3) is 3.72. The lowest BCUT2D eigenvalue weighted by atomic mass is 9.96. The third-order valence-electron chi connectivity index (χ3n) is 5.54. The predicted octanol–water partition coefficient (Wildman–Crippen LogP) is 3.42. The molecule has 0 amide bonds. The topological polar surface area (TPSA) is 111 Å². The van der Waals surface area contributed by atoms with E-state index in [2.05, 4.69) is 10.1 Å². The molecule has 0 aliphatic carbocycles. The van der Waals surface area contributed by atoms with Crippen molar-refractivity contribution in [3.05, 3.63) is 75.7 Å². The number of aryl methyl sites for hydroxylation is 2. The number of nitrogens with zero attached hydrogens (tertiary/aromatic N) is 3. The molecule has 0 bridgehead atoms. The lowest BCUT2D eigenvalue weighted by molar-refractivity contribution is -0.358. The summed E-state index contributed by atoms with van der Waals surface area (Å²) in [6.07, 6.45) is -4.04. The fourth-order valence-electron chi connectivity index (χ4n) is 3.92. The number of hydrogen-bond donors (Lipinski definition) is 2. The first-order chi connectivity index (χ1) is 16.0. The Bertz CT molecular complexity index is 1410. The third-order valence-corrected chi connectivity index (χ3v) is 5.54. The van der Waals surface area contributed by atoms with Gasteiger partial charge in [0, 0.05) is 6.20 Å². The van der Waals surface area contributed by atoms with E-state index in [4.69, 9.17) is 9.26 Å². The summed E-state index contributed by atoms with van der Waals surface area (Å²) in [4.78, 5) is 17.6. The molecule has 0 aliphatic rings. The van der Waals surface area contributed by atoms with Crippen LogP contribution in [0.15, 0.2) is 51.9 Å². The number of aliphatic hydroxyl groups is 2. The largest absolute Gasteiger partial charge is 0.496 e. The van der Waals surface area contributed by atoms with E-state index < -0.39 is 23.1 Å². The molecule has 1 aromatic carbocycles. The minimum atomic E-state index is -5.51. The van der Waals surface area contributed by atoms with Crippen LogP contribution >= 0.6 is 0 Å². The SMILES string of the molecule is COc1ccc2cc(C(O)(O)C(F)(F)F)c(=O)n(Cc3ccccn3)c2c1-c1c(C)noc1C. The van der Waals surface area contributed by atoms with E-state index >= 15 is 0 Å². The lowest BCUT2D eigenvalue weighted by Crippen LogP contribution is -2.47. The van der Waals surface area contributed by atoms with Crippen LogP contribution < -0.4 is 10.3 Å². The number of pyridine rings is 2. The molecule has 3 aromatic heterocycles. The number of aromatic nitrogens is 3. The second kappa shape index (κ2) is 8.26. The molecule has 4 rings (SSSR count). The van der Waals surface area contributed by atoms with Crippen molar-refractivity contribution < 1.29 is 32.6 Å². The van der Waals surface area contributed by atoms with Gasteiger partial charge in [0.2, 0.25) is 0 Å². The van der Waals surface area contributed by atoms with Crippen molar-refractivity contribution in [1.29, 1.82) is 0 Å². The molecule has 0 fully saturated rings. The van der Waals surface area contributed by atoms with Crippen molar-refractivity contribution in [2.45, 2.75) is 32.4 Å². The van der Waals surface area contributed by atoms with Crippen molar-refractivity contribution in [2.75, 3.05) is 7.11 Å². The number of halogens is 3. The van der Waals surface area contributed by atoms with Gasteiger partial charge in [-0.2, -0.15) is 13.2 Å². The molecule has 11 heteroatoms. The molecular weight excluding hydrogens is 455 g/mol. The summed E-state index contributed by atoms with van der Waals surface area (Å²) in [5, 5.41) is 24.0. The van der Waals surface area contributed by atoms with Gasteiger partial charge in [-0.25, -0.2) is 0 Å². The number of benzene rings is 1. The Balaban J connectivity index is 2.18. The summed E-state index contributed by atoms with van der Waals surface area (Å²) in [6.45, 7) is 3.08. The minimum Gasteiger partial charge on any atom is -0.496 e. The summed E-state index contributed by atoms with van der Waals surface area (Å²) in [7, 11) is 1.41. The van der Waals surface area contributed by atoms with Crippen molar-refractivity contribution in [1.82, 2.24) is 14.7 Å². The van der Waals surface area contributed by atoms with E-state index in [1.54, 1.807) is 32.0 Å². The van der Waals surface area contributed by atoms with Crippen LogP contribution in [0, 0.1) is 13.8 Å². The van der Waals surface area contributed by atoms with Gasteiger partial charge in [0.1, 0.15) is 11.5 Å². The van der Waals surface area contributed by atoms with Crippen LogP contribution in [0.4, 0.5) is 13.2 Å². The zero-order valence-electron chi connectivity index (χ0n) is 18.3. The average Bonchev–Trinajstić information content (AvgIpc) is 3.12. The van der Waals surface area contributed by atoms with Gasteiger partial charge in [0.05, 0.1) is 47.2 Å². The number of alkyl halides is 3. The Labute approximate surface area is 190 Å². The first-order valence-corrected chi connectivity index (χ1v) is 10.1. The van der Waals surface area contributed by atoms with Gasteiger partial charge >= 0.3 is 6.18 Å². The molecule has 2 N–H and O–H groups in total. The van der Waals surface area contributed by atoms with Gasteiger partial charge in [-0.1, -0.05) is 11.2 Å². The van der Waals surface area contributed by atoms with Crippen LogP contribution in [0.1, 0.15) is 22.7 Å². The van der Waals surface area contributed by atoms with Gasteiger partial charge in [0.15, 0.2) is 0 Å². The van der Waals surface area contributed by atoms with Crippen LogP contribution in [-0.4, -0.2) is 38.2 Å². The van der Waals surface area contributed by atoms with Crippen molar-refractivity contribution in [3.63, 3.8) is 0 Å². The highest BCUT2D eigenvalue weighted by molar-refractivity contribution is 5.98.